The standard InChI is InChI=1S/C13H23NO3/c1-2-6-12(16)14-11(10-15)9-13(17)7-4-3-5-8-13/h2,6,11,15,17H,3-5,7-10H2,1H3,(H,14,16)/b6-2+. The third-order valence-electron chi connectivity index (χ3n) is 3.30. The molecule has 0 heterocycles. The van der Waals surface area contributed by atoms with E-state index in [2.05, 4.69) is 5.32 Å². The lowest BCUT2D eigenvalue weighted by atomic mass is 9.80. The largest absolute Gasteiger partial charge is 0.394 e. The van der Waals surface area contributed by atoms with E-state index in [1.54, 1.807) is 13.0 Å². The van der Waals surface area contributed by atoms with Gasteiger partial charge in [-0.05, 0) is 32.3 Å². The number of aliphatic hydroxyl groups is 2. The Labute approximate surface area is 103 Å². The van der Waals surface area contributed by atoms with Gasteiger partial charge in [-0.15, -0.1) is 0 Å². The van der Waals surface area contributed by atoms with Crippen LogP contribution in [0.1, 0.15) is 45.4 Å². The van der Waals surface area contributed by atoms with Gasteiger partial charge in [-0.2, -0.15) is 0 Å². The zero-order chi connectivity index (χ0) is 12.7. The highest BCUT2D eigenvalue weighted by Crippen LogP contribution is 2.31. The van der Waals surface area contributed by atoms with E-state index in [-0.39, 0.29) is 18.6 Å². The van der Waals surface area contributed by atoms with Crippen LogP contribution in [0.25, 0.3) is 0 Å². The topological polar surface area (TPSA) is 69.6 Å². The summed E-state index contributed by atoms with van der Waals surface area (Å²) in [5, 5.41) is 22.3. The smallest absolute Gasteiger partial charge is 0.243 e. The molecule has 1 saturated carbocycles. The Kier molecular flexibility index (Phi) is 5.65. The van der Waals surface area contributed by atoms with Crippen molar-refractivity contribution in [3.63, 3.8) is 0 Å². The molecular weight excluding hydrogens is 218 g/mol. The first-order chi connectivity index (χ1) is 8.09. The van der Waals surface area contributed by atoms with Crippen LogP contribution in [0.5, 0.6) is 0 Å². The van der Waals surface area contributed by atoms with Crippen LogP contribution < -0.4 is 5.32 Å². The van der Waals surface area contributed by atoms with Crippen LogP contribution in [-0.2, 0) is 4.79 Å². The van der Waals surface area contributed by atoms with Gasteiger partial charge in [0, 0.05) is 0 Å². The van der Waals surface area contributed by atoms with E-state index in [4.69, 9.17) is 0 Å². The normalized spacial score (nSPS) is 21.4. The molecule has 0 spiro atoms. The molecule has 17 heavy (non-hydrogen) atoms. The fraction of sp³-hybridized carbons (Fsp3) is 0.769. The number of aliphatic hydroxyl groups excluding tert-OH is 1. The molecule has 0 saturated heterocycles. The fourth-order valence-corrected chi connectivity index (χ4v) is 2.43. The lowest BCUT2D eigenvalue weighted by Crippen LogP contribution is -2.44. The first-order valence-electron chi connectivity index (χ1n) is 6.36. The quantitative estimate of drug-likeness (QED) is 0.632. The van der Waals surface area contributed by atoms with E-state index >= 15 is 0 Å². The van der Waals surface area contributed by atoms with Crippen molar-refractivity contribution in [1.29, 1.82) is 0 Å². The maximum absolute atomic E-state index is 11.4. The summed E-state index contributed by atoms with van der Waals surface area (Å²) in [4.78, 5) is 11.4. The highest BCUT2D eigenvalue weighted by Gasteiger charge is 2.32. The molecule has 1 unspecified atom stereocenters. The molecule has 1 aliphatic rings. The Hall–Kier alpha value is -0.870. The van der Waals surface area contributed by atoms with E-state index in [1.165, 1.54) is 6.08 Å². The number of nitrogens with one attached hydrogen (secondary N) is 1. The number of amides is 1. The van der Waals surface area contributed by atoms with E-state index in [0.29, 0.717) is 6.42 Å². The van der Waals surface area contributed by atoms with Crippen LogP contribution in [0.4, 0.5) is 0 Å². The van der Waals surface area contributed by atoms with Crippen molar-refractivity contribution in [1.82, 2.24) is 5.32 Å². The molecule has 4 heteroatoms. The maximum Gasteiger partial charge on any atom is 0.243 e. The summed E-state index contributed by atoms with van der Waals surface area (Å²) in [6.07, 6.45) is 8.26. The SMILES string of the molecule is C/C=C/C(=O)NC(CO)CC1(O)CCCCC1. The molecule has 3 N–H and O–H groups in total. The zero-order valence-corrected chi connectivity index (χ0v) is 10.5. The van der Waals surface area contributed by atoms with Crippen LogP contribution in [0, 0.1) is 0 Å². The summed E-state index contributed by atoms with van der Waals surface area (Å²) in [6, 6.07) is -0.359. The molecule has 0 aromatic rings. The number of hydrogen-bond donors (Lipinski definition) is 3. The van der Waals surface area contributed by atoms with Crippen LogP contribution in [0.15, 0.2) is 12.2 Å². The molecule has 1 amide bonds. The molecule has 0 aliphatic heterocycles. The van der Waals surface area contributed by atoms with Gasteiger partial charge in [-0.3, -0.25) is 4.79 Å². The van der Waals surface area contributed by atoms with Crippen LogP contribution in [0.2, 0.25) is 0 Å². The number of carbonyl (C=O) groups excluding carboxylic acids is 1. The monoisotopic (exact) mass is 241 g/mol. The molecular formula is C13H23NO3. The van der Waals surface area contributed by atoms with Crippen LogP contribution in [-0.4, -0.2) is 34.4 Å². The molecule has 0 radical (unpaired) electrons. The zero-order valence-electron chi connectivity index (χ0n) is 10.5. The summed E-state index contributed by atoms with van der Waals surface area (Å²) >= 11 is 0. The van der Waals surface area contributed by atoms with Gasteiger partial charge in [0.1, 0.15) is 0 Å². The number of rotatable bonds is 5. The molecule has 4 nitrogen and oxygen atoms in total. The first-order valence-corrected chi connectivity index (χ1v) is 6.36. The fourth-order valence-electron chi connectivity index (χ4n) is 2.43. The van der Waals surface area contributed by atoms with Gasteiger partial charge in [0.15, 0.2) is 0 Å². The minimum atomic E-state index is -0.713. The Morgan fingerprint density at radius 2 is 2.06 bits per heavy atom. The second kappa shape index (κ2) is 6.77. The van der Waals surface area contributed by atoms with Crippen molar-refractivity contribution in [3.05, 3.63) is 12.2 Å². The molecule has 98 valence electrons. The molecule has 1 aliphatic carbocycles. The van der Waals surface area contributed by atoms with Crippen LogP contribution in [0.3, 0.4) is 0 Å². The minimum absolute atomic E-state index is 0.133. The molecule has 0 aromatic heterocycles. The van der Waals surface area contributed by atoms with Gasteiger partial charge in [0.25, 0.3) is 0 Å². The summed E-state index contributed by atoms with van der Waals surface area (Å²) in [5.74, 6) is -0.217. The van der Waals surface area contributed by atoms with Gasteiger partial charge < -0.3 is 15.5 Å². The second-order valence-electron chi connectivity index (χ2n) is 4.88. The van der Waals surface area contributed by atoms with Gasteiger partial charge in [0.05, 0.1) is 18.2 Å². The van der Waals surface area contributed by atoms with Gasteiger partial charge >= 0.3 is 0 Å². The van der Waals surface area contributed by atoms with Gasteiger partial charge in [-0.25, -0.2) is 0 Å². The van der Waals surface area contributed by atoms with Crippen molar-refractivity contribution in [2.45, 2.75) is 57.1 Å². The average Bonchev–Trinajstić information content (AvgIpc) is 2.29. The van der Waals surface area contributed by atoms with Crippen molar-refractivity contribution in [2.24, 2.45) is 0 Å². The van der Waals surface area contributed by atoms with Gasteiger partial charge in [0.2, 0.25) is 5.91 Å². The number of allylic oxidation sites excluding steroid dienone is 1. The highest BCUT2D eigenvalue weighted by molar-refractivity contribution is 5.87. The Morgan fingerprint density at radius 3 is 2.59 bits per heavy atom. The number of hydrogen-bond acceptors (Lipinski definition) is 3. The molecule has 1 atom stereocenters. The summed E-state index contributed by atoms with van der Waals surface area (Å²) < 4.78 is 0. The van der Waals surface area contributed by atoms with E-state index in [0.717, 1.165) is 32.1 Å². The van der Waals surface area contributed by atoms with Crippen molar-refractivity contribution in [3.8, 4) is 0 Å². The third-order valence-corrected chi connectivity index (χ3v) is 3.30. The van der Waals surface area contributed by atoms with Gasteiger partial charge in [-0.1, -0.05) is 25.3 Å². The summed E-state index contributed by atoms with van der Waals surface area (Å²) in [5.41, 5.74) is -0.713. The first kappa shape index (κ1) is 14.2. The van der Waals surface area contributed by atoms with E-state index in [9.17, 15) is 15.0 Å². The van der Waals surface area contributed by atoms with Crippen molar-refractivity contribution < 1.29 is 15.0 Å². The third kappa shape index (κ3) is 4.88. The van der Waals surface area contributed by atoms with Crippen molar-refractivity contribution >= 4 is 5.91 Å². The molecule has 0 aromatic carbocycles. The molecule has 1 rings (SSSR count). The van der Waals surface area contributed by atoms with Crippen molar-refractivity contribution in [2.75, 3.05) is 6.61 Å². The van der Waals surface area contributed by atoms with Crippen LogP contribution >= 0.6 is 0 Å². The Morgan fingerprint density at radius 1 is 1.41 bits per heavy atom. The van der Waals surface area contributed by atoms with E-state index < -0.39 is 5.60 Å². The minimum Gasteiger partial charge on any atom is -0.394 e. The molecule has 0 bridgehead atoms. The predicted octanol–water partition coefficient (Wildman–Crippen LogP) is 1.12. The Bertz CT molecular complexity index is 270. The number of carbonyl (C=O) groups is 1. The average molecular weight is 241 g/mol. The summed E-state index contributed by atoms with van der Waals surface area (Å²) in [6.45, 7) is 1.63. The lowest BCUT2D eigenvalue weighted by Gasteiger charge is -2.34. The maximum atomic E-state index is 11.4. The Balaban J connectivity index is 2.47. The highest BCUT2D eigenvalue weighted by atomic mass is 16.3. The lowest BCUT2D eigenvalue weighted by molar-refractivity contribution is -0.118. The molecule has 1 fully saturated rings. The summed E-state index contributed by atoms with van der Waals surface area (Å²) in [7, 11) is 0. The predicted molar refractivity (Wildman–Crippen MR) is 66.5 cm³/mol. The second-order valence-corrected chi connectivity index (χ2v) is 4.88. The van der Waals surface area contributed by atoms with E-state index in [1.807, 2.05) is 0 Å².